The van der Waals surface area contributed by atoms with E-state index in [1.54, 1.807) is 23.1 Å². The molecule has 0 bridgehead atoms. The summed E-state index contributed by atoms with van der Waals surface area (Å²) < 4.78 is 47.9. The minimum atomic E-state index is -4.57. The lowest BCUT2D eigenvalue weighted by Gasteiger charge is -2.25. The van der Waals surface area contributed by atoms with Crippen molar-refractivity contribution in [3.8, 4) is 11.6 Å². The van der Waals surface area contributed by atoms with Crippen LogP contribution in [0.3, 0.4) is 0 Å². The van der Waals surface area contributed by atoms with E-state index in [1.807, 2.05) is 19.0 Å². The van der Waals surface area contributed by atoms with Crippen molar-refractivity contribution in [1.82, 2.24) is 14.9 Å². The molecule has 0 saturated carbocycles. The predicted octanol–water partition coefficient (Wildman–Crippen LogP) is 4.98. The minimum absolute atomic E-state index is 0.0709. The molecular weight excluding hydrogens is 539 g/mol. The number of benzene rings is 2. The fraction of sp³-hybridized carbons (Fsp3) is 0.357. The molecule has 41 heavy (non-hydrogen) atoms. The number of nitrogens with zero attached hydrogens (tertiary/aromatic N) is 5. The fourth-order valence-corrected chi connectivity index (χ4v) is 5.11. The van der Waals surface area contributed by atoms with E-state index in [0.717, 1.165) is 18.1 Å². The Morgan fingerprint density at radius 1 is 1.02 bits per heavy atom. The molecule has 2 aliphatic heterocycles. The Kier molecular flexibility index (Phi) is 7.72. The van der Waals surface area contributed by atoms with Gasteiger partial charge in [0.2, 0.25) is 11.8 Å². The normalized spacial score (nSPS) is 16.6. The van der Waals surface area contributed by atoms with E-state index in [1.165, 1.54) is 36.4 Å². The molecule has 1 unspecified atom stereocenters. The summed E-state index contributed by atoms with van der Waals surface area (Å²) >= 11 is 0. The number of urea groups is 1. The van der Waals surface area contributed by atoms with Crippen LogP contribution in [0.2, 0.25) is 0 Å². The zero-order valence-corrected chi connectivity index (χ0v) is 22.8. The number of rotatable bonds is 6. The number of likely N-dealkylation sites (N-methyl/N-ethyl adjacent to an activating group) is 1. The van der Waals surface area contributed by atoms with Crippen LogP contribution in [0, 0.1) is 0 Å². The second kappa shape index (κ2) is 11.2. The molecule has 0 radical (unpaired) electrons. The summed E-state index contributed by atoms with van der Waals surface area (Å²) in [5, 5.41) is 5.19. The molecule has 13 heteroatoms. The van der Waals surface area contributed by atoms with E-state index in [2.05, 4.69) is 20.6 Å². The van der Waals surface area contributed by atoms with Crippen LogP contribution in [-0.4, -0.2) is 66.6 Å². The highest BCUT2D eigenvalue weighted by Crippen LogP contribution is 2.40. The van der Waals surface area contributed by atoms with Crippen LogP contribution in [0.1, 0.15) is 24.5 Å². The molecular formula is C28H30F3N7O3. The largest absolute Gasteiger partial charge is 0.439 e. The molecule has 3 aromatic rings. The van der Waals surface area contributed by atoms with Gasteiger partial charge in [-0.3, -0.25) is 9.69 Å². The maximum absolute atomic E-state index is 14.0. The van der Waals surface area contributed by atoms with Crippen LogP contribution in [0.15, 0.2) is 48.8 Å². The van der Waals surface area contributed by atoms with Gasteiger partial charge < -0.3 is 25.2 Å². The number of alkyl halides is 3. The molecule has 0 aliphatic carbocycles. The Bertz CT molecular complexity index is 1460. The lowest BCUT2D eigenvalue weighted by molar-refractivity contribution is -0.137. The number of nitrogens with one attached hydrogen (secondary N) is 2. The van der Waals surface area contributed by atoms with Crippen molar-refractivity contribution >= 4 is 34.8 Å². The highest BCUT2D eigenvalue weighted by atomic mass is 19.4. The molecule has 3 heterocycles. The first-order chi connectivity index (χ1) is 19.5. The fourth-order valence-electron chi connectivity index (χ4n) is 5.11. The van der Waals surface area contributed by atoms with Gasteiger partial charge in [0.1, 0.15) is 17.9 Å². The topological polar surface area (TPSA) is 103 Å². The summed E-state index contributed by atoms with van der Waals surface area (Å²) in [6.07, 6.45) is -1.99. The number of hydrogen-bond acceptors (Lipinski definition) is 7. The smallest absolute Gasteiger partial charge is 0.418 e. The average Bonchev–Trinajstić information content (AvgIpc) is 3.56. The van der Waals surface area contributed by atoms with E-state index in [-0.39, 0.29) is 29.2 Å². The first-order valence-corrected chi connectivity index (χ1v) is 13.1. The molecule has 3 amide bonds. The molecule has 1 saturated heterocycles. The van der Waals surface area contributed by atoms with Gasteiger partial charge in [0.05, 0.1) is 5.56 Å². The Labute approximate surface area is 235 Å². The number of ether oxygens (including phenoxy) is 1. The summed E-state index contributed by atoms with van der Waals surface area (Å²) in [7, 11) is 3.84. The number of amides is 3. The minimum Gasteiger partial charge on any atom is -0.439 e. The Morgan fingerprint density at radius 3 is 2.51 bits per heavy atom. The van der Waals surface area contributed by atoms with Gasteiger partial charge in [-0.05, 0) is 68.9 Å². The molecule has 1 atom stereocenters. The molecule has 1 fully saturated rings. The maximum Gasteiger partial charge on any atom is 0.418 e. The Morgan fingerprint density at radius 2 is 1.80 bits per heavy atom. The third kappa shape index (κ3) is 6.35. The molecule has 216 valence electrons. The number of aromatic nitrogens is 2. The highest BCUT2D eigenvalue weighted by molar-refractivity contribution is 6.03. The van der Waals surface area contributed by atoms with Crippen LogP contribution in [-0.2, 0) is 17.4 Å². The van der Waals surface area contributed by atoms with E-state index < -0.39 is 17.8 Å². The lowest BCUT2D eigenvalue weighted by Crippen LogP contribution is -2.33. The zero-order chi connectivity index (χ0) is 29.3. The molecule has 5 rings (SSSR count). The zero-order valence-electron chi connectivity index (χ0n) is 22.8. The summed E-state index contributed by atoms with van der Waals surface area (Å²) in [6, 6.07) is 10.2. The second-order valence-corrected chi connectivity index (χ2v) is 10.2. The molecule has 2 aliphatic rings. The lowest BCUT2D eigenvalue weighted by atomic mass is 10.1. The van der Waals surface area contributed by atoms with Gasteiger partial charge in [-0.25, -0.2) is 14.8 Å². The standard InChI is InChI=1S/C28H30F3N7O3/c1-17(39)34-25-14-26(33-16-32-25)41-21-5-7-23-18(12-21)8-11-38(23)27(40)35-19-4-6-24(22(13-19)28(29,30)31)37-10-9-20(15-37)36(2)3/h4-7,12-14,16,20H,8-11,15H2,1-3H3,(H,35,40)(H,32,33,34,39). The first-order valence-electron chi connectivity index (χ1n) is 13.1. The number of carbonyl (C=O) groups is 2. The number of hydrogen-bond donors (Lipinski definition) is 2. The van der Waals surface area contributed by atoms with Crippen molar-refractivity contribution in [3.63, 3.8) is 0 Å². The molecule has 10 nitrogen and oxygen atoms in total. The van der Waals surface area contributed by atoms with Crippen molar-refractivity contribution in [2.75, 3.05) is 54.2 Å². The third-order valence-corrected chi connectivity index (χ3v) is 7.15. The van der Waals surface area contributed by atoms with Crippen molar-refractivity contribution in [3.05, 3.63) is 59.9 Å². The summed E-state index contributed by atoms with van der Waals surface area (Å²) in [5.41, 5.74) is 0.888. The monoisotopic (exact) mass is 569 g/mol. The van der Waals surface area contributed by atoms with Crippen LogP contribution in [0.4, 0.5) is 40.8 Å². The van der Waals surface area contributed by atoms with Gasteiger partial charge in [0.25, 0.3) is 0 Å². The maximum atomic E-state index is 14.0. The quantitative estimate of drug-likeness (QED) is 0.432. The number of anilines is 4. The molecule has 0 spiro atoms. The van der Waals surface area contributed by atoms with Crippen LogP contribution < -0.4 is 25.2 Å². The molecule has 2 aromatic carbocycles. The van der Waals surface area contributed by atoms with Crippen LogP contribution in [0.25, 0.3) is 0 Å². The average molecular weight is 570 g/mol. The molecule has 1 aromatic heterocycles. The third-order valence-electron chi connectivity index (χ3n) is 7.15. The number of halogens is 3. The van der Waals surface area contributed by atoms with E-state index in [4.69, 9.17) is 4.74 Å². The highest BCUT2D eigenvalue weighted by Gasteiger charge is 2.37. The summed E-state index contributed by atoms with van der Waals surface area (Å²) in [5.74, 6) is 0.723. The number of carbonyl (C=O) groups excluding carboxylic acids is 2. The van der Waals surface area contributed by atoms with Gasteiger partial charge in [0, 0.05) is 55.7 Å². The van der Waals surface area contributed by atoms with E-state index in [9.17, 15) is 22.8 Å². The molecule has 2 N–H and O–H groups in total. The van der Waals surface area contributed by atoms with Crippen molar-refractivity contribution < 1.29 is 27.5 Å². The van der Waals surface area contributed by atoms with Gasteiger partial charge in [-0.15, -0.1) is 0 Å². The van der Waals surface area contributed by atoms with Crippen molar-refractivity contribution in [2.24, 2.45) is 0 Å². The number of fused-ring (bicyclic) bond motifs is 1. The Hall–Kier alpha value is -4.39. The van der Waals surface area contributed by atoms with Crippen molar-refractivity contribution in [2.45, 2.75) is 32.0 Å². The van der Waals surface area contributed by atoms with Gasteiger partial charge in [-0.2, -0.15) is 13.2 Å². The van der Waals surface area contributed by atoms with E-state index >= 15 is 0 Å². The Balaban J connectivity index is 1.29. The van der Waals surface area contributed by atoms with Crippen LogP contribution in [0.5, 0.6) is 11.6 Å². The SMILES string of the molecule is CC(=O)Nc1cc(Oc2ccc3c(c2)CCN3C(=O)Nc2ccc(N3CCC(N(C)C)C3)c(C(F)(F)F)c2)ncn1. The van der Waals surface area contributed by atoms with Crippen molar-refractivity contribution in [1.29, 1.82) is 0 Å². The first kappa shape index (κ1) is 28.1. The van der Waals surface area contributed by atoms with E-state index in [0.29, 0.717) is 43.3 Å². The predicted molar refractivity (Wildman–Crippen MR) is 149 cm³/mol. The van der Waals surface area contributed by atoms with Gasteiger partial charge in [-0.1, -0.05) is 0 Å². The summed E-state index contributed by atoms with van der Waals surface area (Å²) in [4.78, 5) is 37.7. The van der Waals surface area contributed by atoms with Gasteiger partial charge >= 0.3 is 12.2 Å². The van der Waals surface area contributed by atoms with Gasteiger partial charge in [0.15, 0.2) is 0 Å². The second-order valence-electron chi connectivity index (χ2n) is 10.2. The van der Waals surface area contributed by atoms with Crippen LogP contribution >= 0.6 is 0 Å². The summed E-state index contributed by atoms with van der Waals surface area (Å²) in [6.45, 7) is 2.76.